The standard InChI is InChI=1S/C19H21N5O5S3/c1-23(31(26,27)15-5-4-8-20-12-15)13-18(25)22-19-21-16-7-6-14(11-17(16)30-19)32(28,29)24-9-2-3-10-24/h4-8,11-12H,2-3,9-10,13H2,1H3,(H,21,22,25). The van der Waals surface area contributed by atoms with Crippen LogP contribution in [0.25, 0.3) is 10.2 Å². The maximum atomic E-state index is 12.8. The van der Waals surface area contributed by atoms with Crippen LogP contribution in [0.4, 0.5) is 5.13 Å². The third-order valence-corrected chi connectivity index (χ3v) is 9.63. The number of fused-ring (bicyclic) bond motifs is 1. The van der Waals surface area contributed by atoms with Gasteiger partial charge >= 0.3 is 0 Å². The lowest BCUT2D eigenvalue weighted by atomic mass is 10.3. The van der Waals surface area contributed by atoms with E-state index in [0.717, 1.165) is 28.5 Å². The third-order valence-electron chi connectivity index (χ3n) is 5.02. The topological polar surface area (TPSA) is 130 Å². The number of amides is 1. The van der Waals surface area contributed by atoms with Crippen LogP contribution in [0.15, 0.2) is 52.5 Å². The largest absolute Gasteiger partial charge is 0.301 e. The van der Waals surface area contributed by atoms with Crippen molar-refractivity contribution in [2.45, 2.75) is 22.6 Å². The first-order valence-electron chi connectivity index (χ1n) is 9.75. The minimum Gasteiger partial charge on any atom is -0.301 e. The molecule has 0 unspecified atom stereocenters. The Balaban J connectivity index is 1.48. The normalized spacial score (nSPS) is 15.4. The maximum absolute atomic E-state index is 12.8. The fraction of sp³-hybridized carbons (Fsp3) is 0.316. The van der Waals surface area contributed by atoms with Crippen molar-refractivity contribution in [2.75, 3.05) is 32.0 Å². The highest BCUT2D eigenvalue weighted by atomic mass is 32.2. The Kier molecular flexibility index (Phi) is 6.27. The van der Waals surface area contributed by atoms with Crippen molar-refractivity contribution < 1.29 is 21.6 Å². The molecule has 1 saturated heterocycles. The Morgan fingerprint density at radius 3 is 2.59 bits per heavy atom. The molecule has 3 aromatic rings. The van der Waals surface area contributed by atoms with Crippen LogP contribution in [0.2, 0.25) is 0 Å². The van der Waals surface area contributed by atoms with Crippen LogP contribution in [-0.2, 0) is 24.8 Å². The van der Waals surface area contributed by atoms with Gasteiger partial charge in [-0.25, -0.2) is 21.8 Å². The second-order valence-electron chi connectivity index (χ2n) is 7.26. The van der Waals surface area contributed by atoms with E-state index in [2.05, 4.69) is 15.3 Å². The van der Waals surface area contributed by atoms with Gasteiger partial charge in [-0.1, -0.05) is 11.3 Å². The summed E-state index contributed by atoms with van der Waals surface area (Å²) in [7, 11) is -6.11. The zero-order valence-corrected chi connectivity index (χ0v) is 19.6. The summed E-state index contributed by atoms with van der Waals surface area (Å²) < 4.78 is 53.6. The molecule has 1 aliphatic heterocycles. The van der Waals surface area contributed by atoms with Gasteiger partial charge in [-0.15, -0.1) is 0 Å². The molecule has 2 aromatic heterocycles. The van der Waals surface area contributed by atoms with Crippen LogP contribution in [0.1, 0.15) is 12.8 Å². The molecule has 170 valence electrons. The Hall–Kier alpha value is -2.45. The van der Waals surface area contributed by atoms with Gasteiger partial charge in [0.2, 0.25) is 26.0 Å². The summed E-state index contributed by atoms with van der Waals surface area (Å²) in [5.41, 5.74) is 0.544. The molecule has 1 N–H and O–H groups in total. The molecule has 0 radical (unpaired) electrons. The molecule has 0 atom stereocenters. The minimum atomic E-state index is -3.86. The second-order valence-corrected chi connectivity index (χ2v) is 12.3. The first-order valence-corrected chi connectivity index (χ1v) is 13.4. The highest BCUT2D eigenvalue weighted by Crippen LogP contribution is 2.30. The molecule has 1 amide bonds. The summed E-state index contributed by atoms with van der Waals surface area (Å²) in [6.07, 6.45) is 4.37. The van der Waals surface area contributed by atoms with Gasteiger partial charge < -0.3 is 5.32 Å². The summed E-state index contributed by atoms with van der Waals surface area (Å²) >= 11 is 1.13. The van der Waals surface area contributed by atoms with Gasteiger partial charge in [0.25, 0.3) is 0 Å². The molecule has 3 heterocycles. The van der Waals surface area contributed by atoms with Crippen molar-refractivity contribution in [1.29, 1.82) is 0 Å². The van der Waals surface area contributed by atoms with Crippen molar-refractivity contribution in [3.63, 3.8) is 0 Å². The molecule has 32 heavy (non-hydrogen) atoms. The third kappa shape index (κ3) is 4.52. The summed E-state index contributed by atoms with van der Waals surface area (Å²) in [6, 6.07) is 7.56. The number of aromatic nitrogens is 2. The fourth-order valence-electron chi connectivity index (χ4n) is 3.32. The average molecular weight is 496 g/mol. The number of carbonyl (C=O) groups excluding carboxylic acids is 1. The number of thiazole rings is 1. The monoisotopic (exact) mass is 495 g/mol. The van der Waals surface area contributed by atoms with Crippen molar-refractivity contribution >= 4 is 52.6 Å². The lowest BCUT2D eigenvalue weighted by molar-refractivity contribution is -0.116. The number of carbonyl (C=O) groups is 1. The van der Waals surface area contributed by atoms with E-state index in [1.54, 1.807) is 12.1 Å². The molecule has 4 rings (SSSR count). The Morgan fingerprint density at radius 1 is 1.16 bits per heavy atom. The van der Waals surface area contributed by atoms with Crippen molar-refractivity contribution in [3.8, 4) is 0 Å². The zero-order valence-electron chi connectivity index (χ0n) is 17.1. The Bertz CT molecular complexity index is 1350. The van der Waals surface area contributed by atoms with Gasteiger partial charge in [-0.05, 0) is 43.2 Å². The number of rotatable bonds is 7. The van der Waals surface area contributed by atoms with Gasteiger partial charge in [-0.2, -0.15) is 8.61 Å². The van der Waals surface area contributed by atoms with Gasteiger partial charge in [0.05, 0.1) is 21.7 Å². The predicted molar refractivity (Wildman–Crippen MR) is 120 cm³/mol. The fourth-order valence-corrected chi connectivity index (χ4v) is 6.95. The van der Waals surface area contributed by atoms with Gasteiger partial charge in [0, 0.05) is 32.5 Å². The van der Waals surface area contributed by atoms with E-state index >= 15 is 0 Å². The molecule has 0 saturated carbocycles. The smallest absolute Gasteiger partial charge is 0.244 e. The molecule has 1 fully saturated rings. The van der Waals surface area contributed by atoms with E-state index in [9.17, 15) is 21.6 Å². The summed E-state index contributed by atoms with van der Waals surface area (Å²) in [5.74, 6) is -0.566. The molecular weight excluding hydrogens is 474 g/mol. The molecule has 1 aromatic carbocycles. The van der Waals surface area contributed by atoms with Crippen molar-refractivity contribution in [2.24, 2.45) is 0 Å². The number of hydrogen-bond acceptors (Lipinski definition) is 8. The minimum absolute atomic E-state index is 0.0120. The van der Waals surface area contributed by atoms with Crippen LogP contribution in [-0.4, -0.2) is 68.0 Å². The van der Waals surface area contributed by atoms with Crippen LogP contribution in [0, 0.1) is 0 Å². The molecule has 0 spiro atoms. The summed E-state index contributed by atoms with van der Waals surface area (Å²) in [5, 5.41) is 2.84. The summed E-state index contributed by atoms with van der Waals surface area (Å²) in [6.45, 7) is 0.613. The molecule has 13 heteroatoms. The number of likely N-dealkylation sites (N-methyl/N-ethyl adjacent to an activating group) is 1. The van der Waals surface area contributed by atoms with Gasteiger partial charge in [-0.3, -0.25) is 9.78 Å². The molecule has 1 aliphatic rings. The van der Waals surface area contributed by atoms with Gasteiger partial charge in [0.15, 0.2) is 5.13 Å². The maximum Gasteiger partial charge on any atom is 0.244 e. The summed E-state index contributed by atoms with van der Waals surface area (Å²) in [4.78, 5) is 20.7. The highest BCUT2D eigenvalue weighted by Gasteiger charge is 2.28. The molecule has 0 aliphatic carbocycles. The van der Waals surface area contributed by atoms with E-state index in [0.29, 0.717) is 23.3 Å². The first-order chi connectivity index (χ1) is 15.2. The van der Waals surface area contributed by atoms with Gasteiger partial charge in [0.1, 0.15) is 4.90 Å². The van der Waals surface area contributed by atoms with Crippen LogP contribution < -0.4 is 5.32 Å². The number of nitrogens with zero attached hydrogens (tertiary/aromatic N) is 4. The quantitative estimate of drug-likeness (QED) is 0.528. The number of sulfonamides is 2. The predicted octanol–water partition coefficient (Wildman–Crippen LogP) is 1.73. The second kappa shape index (κ2) is 8.83. The SMILES string of the molecule is CN(CC(=O)Nc1nc2ccc(S(=O)(=O)N3CCCC3)cc2s1)S(=O)(=O)c1cccnc1. The number of nitrogens with one attached hydrogen (secondary N) is 1. The first kappa shape index (κ1) is 22.7. The molecule has 0 bridgehead atoms. The molecule has 10 nitrogen and oxygen atoms in total. The van der Waals surface area contributed by atoms with Crippen molar-refractivity contribution in [3.05, 3.63) is 42.7 Å². The highest BCUT2D eigenvalue weighted by molar-refractivity contribution is 7.89. The van der Waals surface area contributed by atoms with E-state index in [-0.39, 0.29) is 14.9 Å². The number of pyridine rings is 1. The number of hydrogen-bond donors (Lipinski definition) is 1. The lowest BCUT2D eigenvalue weighted by Crippen LogP contribution is -2.35. The molecular formula is C19H21N5O5S3. The zero-order chi connectivity index (χ0) is 22.9. The average Bonchev–Trinajstić information content (AvgIpc) is 3.43. The van der Waals surface area contributed by atoms with E-state index in [1.165, 1.54) is 41.9 Å². The Labute approximate surface area is 190 Å². The number of benzene rings is 1. The Morgan fingerprint density at radius 2 is 1.91 bits per heavy atom. The van der Waals surface area contributed by atoms with E-state index < -0.39 is 32.5 Å². The van der Waals surface area contributed by atoms with Crippen LogP contribution in [0.5, 0.6) is 0 Å². The van der Waals surface area contributed by atoms with E-state index in [1.807, 2.05) is 0 Å². The van der Waals surface area contributed by atoms with Crippen molar-refractivity contribution in [1.82, 2.24) is 18.6 Å². The number of anilines is 1. The lowest BCUT2D eigenvalue weighted by Gasteiger charge is -2.16. The van der Waals surface area contributed by atoms with Crippen LogP contribution >= 0.6 is 11.3 Å². The van der Waals surface area contributed by atoms with E-state index in [4.69, 9.17) is 0 Å². The van der Waals surface area contributed by atoms with Crippen LogP contribution in [0.3, 0.4) is 0 Å².